The van der Waals surface area contributed by atoms with E-state index >= 15 is 0 Å². The molecule has 0 spiro atoms. The Hall–Kier alpha value is -2.38. The molecule has 0 aromatic carbocycles. The van der Waals surface area contributed by atoms with Crippen molar-refractivity contribution in [1.29, 1.82) is 0 Å². The van der Waals surface area contributed by atoms with E-state index in [1.165, 1.54) is 0 Å². The molecule has 0 aliphatic heterocycles. The molecule has 0 aromatic heterocycles. The van der Waals surface area contributed by atoms with Crippen LogP contribution in [0.25, 0.3) is 0 Å². The maximum atomic E-state index is 10.5. The van der Waals surface area contributed by atoms with Gasteiger partial charge in [-0.3, -0.25) is 19.2 Å². The van der Waals surface area contributed by atoms with E-state index in [1.54, 1.807) is 0 Å². The van der Waals surface area contributed by atoms with Gasteiger partial charge in [0, 0.05) is 0 Å². The molecule has 4 N–H and O–H groups in total. The summed E-state index contributed by atoms with van der Waals surface area (Å²) in [5.74, 6) is -9.41. The van der Waals surface area contributed by atoms with Crippen molar-refractivity contribution in [3.8, 4) is 0 Å². The summed E-state index contributed by atoms with van der Waals surface area (Å²) < 4.78 is 0. The Morgan fingerprint density at radius 2 is 1.28 bits per heavy atom. The number of hydrogen-bond donors (Lipinski definition) is 4. The van der Waals surface area contributed by atoms with Gasteiger partial charge in [0.05, 0.1) is 0 Å². The minimum Gasteiger partial charge on any atom is -0.481 e. The highest BCUT2D eigenvalue weighted by molar-refractivity contribution is 5.95. The van der Waals surface area contributed by atoms with Crippen LogP contribution < -0.4 is 0 Å². The van der Waals surface area contributed by atoms with Gasteiger partial charge < -0.3 is 20.4 Å². The van der Waals surface area contributed by atoms with E-state index in [9.17, 15) is 19.2 Å². The van der Waals surface area contributed by atoms with Crippen LogP contribution in [0, 0.1) is 11.8 Å². The van der Waals surface area contributed by atoms with Crippen LogP contribution in [-0.2, 0) is 19.2 Å². The van der Waals surface area contributed by atoms with Crippen LogP contribution in [0.2, 0.25) is 0 Å². The van der Waals surface area contributed by atoms with Crippen LogP contribution >= 0.6 is 0 Å². The summed E-state index contributed by atoms with van der Waals surface area (Å²) in [6.07, 6.45) is 1.74. The van der Waals surface area contributed by atoms with Gasteiger partial charge >= 0.3 is 23.9 Å². The molecule has 0 atom stereocenters. The fourth-order valence-electron chi connectivity index (χ4n) is 1.12. The molecule has 0 radical (unpaired) electrons. The molecular formula is C10H12O8. The number of aliphatic carboxylic acids is 4. The largest absolute Gasteiger partial charge is 0.481 e. The third kappa shape index (κ3) is 5.10. The lowest BCUT2D eigenvalue weighted by Gasteiger charge is -2.04. The fourth-order valence-corrected chi connectivity index (χ4v) is 1.12. The zero-order valence-electron chi connectivity index (χ0n) is 9.15. The molecule has 8 nitrogen and oxygen atoms in total. The van der Waals surface area contributed by atoms with Crippen molar-refractivity contribution in [2.75, 3.05) is 0 Å². The first-order chi connectivity index (χ1) is 8.27. The standard InChI is InChI=1S/C10H12O8/c11-7(12)5(8(13)14)3-1-2-4-6(9(15)16)10(17)18/h1,3,5-6H,2,4H2,(H,11,12)(H,13,14)(H,15,16)(H,17,18). The van der Waals surface area contributed by atoms with Gasteiger partial charge in [-0.15, -0.1) is 0 Å². The molecule has 0 aromatic rings. The molecule has 0 saturated carbocycles. The van der Waals surface area contributed by atoms with Crippen LogP contribution in [0.15, 0.2) is 12.2 Å². The van der Waals surface area contributed by atoms with Gasteiger partial charge in [0.2, 0.25) is 0 Å². The predicted molar refractivity (Wildman–Crippen MR) is 55.9 cm³/mol. The predicted octanol–water partition coefficient (Wildman–Crippen LogP) is -0.106. The van der Waals surface area contributed by atoms with E-state index in [2.05, 4.69) is 0 Å². The third-order valence-corrected chi connectivity index (χ3v) is 2.08. The summed E-state index contributed by atoms with van der Waals surface area (Å²) in [6.45, 7) is 0. The molecule has 0 aliphatic rings. The lowest BCUT2D eigenvalue weighted by molar-refractivity contribution is -0.155. The lowest BCUT2D eigenvalue weighted by atomic mass is 10.0. The second kappa shape index (κ2) is 7.05. The number of hydrogen-bond acceptors (Lipinski definition) is 4. The molecule has 0 unspecified atom stereocenters. The van der Waals surface area contributed by atoms with Gasteiger partial charge in [0.25, 0.3) is 0 Å². The second-order valence-electron chi connectivity index (χ2n) is 3.39. The Bertz CT molecular complexity index is 355. The lowest BCUT2D eigenvalue weighted by Crippen LogP contribution is -2.23. The van der Waals surface area contributed by atoms with Gasteiger partial charge in [-0.2, -0.15) is 0 Å². The Morgan fingerprint density at radius 1 is 0.833 bits per heavy atom. The molecule has 0 bridgehead atoms. The topological polar surface area (TPSA) is 149 Å². The van der Waals surface area contributed by atoms with Gasteiger partial charge in [0.1, 0.15) is 0 Å². The minimum absolute atomic E-state index is 0.0413. The summed E-state index contributed by atoms with van der Waals surface area (Å²) in [6, 6.07) is 0. The summed E-state index contributed by atoms with van der Waals surface area (Å²) in [5, 5.41) is 34.1. The Labute approximate surface area is 101 Å². The Kier molecular flexibility index (Phi) is 6.11. The van der Waals surface area contributed by atoms with Crippen molar-refractivity contribution < 1.29 is 39.6 Å². The Morgan fingerprint density at radius 3 is 1.61 bits per heavy atom. The molecule has 0 amide bonds. The number of carboxylic acids is 4. The van der Waals surface area contributed by atoms with Crippen molar-refractivity contribution >= 4 is 23.9 Å². The average Bonchev–Trinajstić information content (AvgIpc) is 2.20. The van der Waals surface area contributed by atoms with Crippen LogP contribution in [0.4, 0.5) is 0 Å². The summed E-state index contributed by atoms with van der Waals surface area (Å²) >= 11 is 0. The van der Waals surface area contributed by atoms with E-state index in [0.29, 0.717) is 0 Å². The van der Waals surface area contributed by atoms with E-state index < -0.39 is 35.7 Å². The Balaban J connectivity index is 4.40. The molecule has 0 fully saturated rings. The first kappa shape index (κ1) is 15.6. The molecule has 18 heavy (non-hydrogen) atoms. The van der Waals surface area contributed by atoms with Gasteiger partial charge in [-0.1, -0.05) is 12.2 Å². The maximum absolute atomic E-state index is 10.5. The summed E-state index contributed by atoms with van der Waals surface area (Å²) in [4.78, 5) is 41.9. The zero-order valence-corrected chi connectivity index (χ0v) is 9.15. The van der Waals surface area contributed by atoms with E-state index in [4.69, 9.17) is 20.4 Å². The fraction of sp³-hybridized carbons (Fsp3) is 0.400. The summed E-state index contributed by atoms with van der Waals surface area (Å²) in [5.41, 5.74) is 0. The van der Waals surface area contributed by atoms with Crippen molar-refractivity contribution in [2.24, 2.45) is 11.8 Å². The highest BCUT2D eigenvalue weighted by Crippen LogP contribution is 2.09. The molecular weight excluding hydrogens is 248 g/mol. The first-order valence-corrected chi connectivity index (χ1v) is 4.85. The van der Waals surface area contributed by atoms with Crippen molar-refractivity contribution in [2.45, 2.75) is 12.8 Å². The first-order valence-electron chi connectivity index (χ1n) is 4.85. The highest BCUT2D eigenvalue weighted by atomic mass is 16.4. The van der Waals surface area contributed by atoms with E-state index in [-0.39, 0.29) is 12.8 Å². The quantitative estimate of drug-likeness (QED) is 0.349. The SMILES string of the molecule is O=C(O)C(C=CCCC(C(=O)O)C(=O)O)C(=O)O. The smallest absolute Gasteiger partial charge is 0.321 e. The van der Waals surface area contributed by atoms with Crippen LogP contribution in [-0.4, -0.2) is 44.3 Å². The van der Waals surface area contributed by atoms with Gasteiger partial charge in [0.15, 0.2) is 11.8 Å². The normalized spacial score (nSPS) is 11.0. The molecule has 0 rings (SSSR count). The van der Waals surface area contributed by atoms with Gasteiger partial charge in [-0.05, 0) is 12.8 Å². The van der Waals surface area contributed by atoms with E-state index in [1.807, 2.05) is 0 Å². The van der Waals surface area contributed by atoms with Gasteiger partial charge in [-0.25, -0.2) is 0 Å². The minimum atomic E-state index is -1.72. The second-order valence-corrected chi connectivity index (χ2v) is 3.39. The van der Waals surface area contributed by atoms with Crippen LogP contribution in [0.5, 0.6) is 0 Å². The summed E-state index contributed by atoms with van der Waals surface area (Å²) in [7, 11) is 0. The number of carbonyl (C=O) groups is 4. The molecule has 0 heterocycles. The highest BCUT2D eigenvalue weighted by Gasteiger charge is 2.25. The van der Waals surface area contributed by atoms with Crippen molar-refractivity contribution in [1.82, 2.24) is 0 Å². The zero-order chi connectivity index (χ0) is 14.3. The van der Waals surface area contributed by atoms with E-state index in [0.717, 1.165) is 12.2 Å². The molecule has 0 saturated heterocycles. The van der Waals surface area contributed by atoms with Crippen LogP contribution in [0.3, 0.4) is 0 Å². The third-order valence-electron chi connectivity index (χ3n) is 2.08. The number of carboxylic acid groups (broad SMARTS) is 4. The number of allylic oxidation sites excluding steroid dienone is 1. The molecule has 8 heteroatoms. The number of rotatable bonds is 8. The van der Waals surface area contributed by atoms with Crippen molar-refractivity contribution in [3.63, 3.8) is 0 Å². The monoisotopic (exact) mass is 260 g/mol. The van der Waals surface area contributed by atoms with Crippen molar-refractivity contribution in [3.05, 3.63) is 12.2 Å². The molecule has 0 aliphatic carbocycles. The maximum Gasteiger partial charge on any atom is 0.321 e. The average molecular weight is 260 g/mol. The molecule has 100 valence electrons. The van der Waals surface area contributed by atoms with Crippen LogP contribution in [0.1, 0.15) is 12.8 Å².